The van der Waals surface area contributed by atoms with Crippen LogP contribution in [0.2, 0.25) is 0 Å². The van der Waals surface area contributed by atoms with Gasteiger partial charge >= 0.3 is 6.18 Å². The maximum absolute atomic E-state index is 12.8. The lowest BCUT2D eigenvalue weighted by atomic mass is 10.2. The molecule has 2 aromatic rings. The zero-order valence-corrected chi connectivity index (χ0v) is 9.83. The maximum Gasteiger partial charge on any atom is 0.418 e. The number of anilines is 1. The van der Waals surface area contributed by atoms with Gasteiger partial charge in [-0.15, -0.1) is 5.10 Å². The van der Waals surface area contributed by atoms with Crippen LogP contribution >= 0.6 is 15.9 Å². The van der Waals surface area contributed by atoms with E-state index in [1.807, 2.05) is 0 Å². The average Bonchev–Trinajstić information content (AvgIpc) is 2.62. The number of halogens is 4. The van der Waals surface area contributed by atoms with Crippen molar-refractivity contribution < 1.29 is 13.2 Å². The van der Waals surface area contributed by atoms with Gasteiger partial charge in [-0.3, -0.25) is 0 Å². The average molecular weight is 307 g/mol. The smallest absolute Gasteiger partial charge is 0.366 e. The van der Waals surface area contributed by atoms with E-state index in [0.29, 0.717) is 4.47 Å². The van der Waals surface area contributed by atoms with E-state index >= 15 is 0 Å². The van der Waals surface area contributed by atoms with Gasteiger partial charge < -0.3 is 5.73 Å². The second kappa shape index (κ2) is 4.02. The lowest BCUT2D eigenvalue weighted by Crippen LogP contribution is -2.11. The van der Waals surface area contributed by atoms with E-state index in [0.717, 1.165) is 17.1 Å². The summed E-state index contributed by atoms with van der Waals surface area (Å²) >= 11 is 3.11. The number of nitrogens with zero attached hydrogens (tertiary/aromatic N) is 3. The summed E-state index contributed by atoms with van der Waals surface area (Å²) in [6, 6.07) is 3.58. The van der Waals surface area contributed by atoms with Crippen molar-refractivity contribution in [2.45, 2.75) is 6.18 Å². The van der Waals surface area contributed by atoms with Crippen LogP contribution in [-0.2, 0) is 6.18 Å². The lowest BCUT2D eigenvalue weighted by Gasteiger charge is -2.12. The number of hydrogen-bond acceptors (Lipinski definition) is 3. The molecule has 90 valence electrons. The molecule has 2 N–H and O–H groups in total. The second-order valence-electron chi connectivity index (χ2n) is 3.21. The standard InChI is InChI=1S/C9H6BrF3N4/c10-5-1-2-6(9(11,12)13)7(3-5)17-4-15-8(14)16-17/h1-4H,(H2,14,16). The molecule has 0 aliphatic carbocycles. The molecule has 0 amide bonds. The number of nitrogens with two attached hydrogens (primary N) is 1. The summed E-state index contributed by atoms with van der Waals surface area (Å²) in [5.74, 6) is -0.0851. The van der Waals surface area contributed by atoms with Gasteiger partial charge in [0.1, 0.15) is 6.33 Å². The number of hydrogen-bond donors (Lipinski definition) is 1. The highest BCUT2D eigenvalue weighted by molar-refractivity contribution is 9.10. The minimum atomic E-state index is -4.46. The summed E-state index contributed by atoms with van der Waals surface area (Å²) in [7, 11) is 0. The van der Waals surface area contributed by atoms with Gasteiger partial charge in [0.05, 0.1) is 11.3 Å². The van der Waals surface area contributed by atoms with Crippen molar-refractivity contribution >= 4 is 21.9 Å². The molecule has 0 spiro atoms. The molecule has 0 aliphatic rings. The van der Waals surface area contributed by atoms with Gasteiger partial charge in [-0.2, -0.15) is 13.2 Å². The van der Waals surface area contributed by atoms with E-state index in [4.69, 9.17) is 5.73 Å². The van der Waals surface area contributed by atoms with E-state index < -0.39 is 11.7 Å². The molecule has 0 unspecified atom stereocenters. The number of alkyl halides is 3. The maximum atomic E-state index is 12.8. The van der Waals surface area contributed by atoms with E-state index in [2.05, 4.69) is 26.0 Å². The molecule has 4 nitrogen and oxygen atoms in total. The molecular weight excluding hydrogens is 301 g/mol. The van der Waals surface area contributed by atoms with Crippen molar-refractivity contribution in [2.24, 2.45) is 0 Å². The van der Waals surface area contributed by atoms with Gasteiger partial charge in [0.2, 0.25) is 5.95 Å². The third-order valence-corrected chi connectivity index (χ3v) is 2.51. The van der Waals surface area contributed by atoms with Crippen LogP contribution in [0, 0.1) is 0 Å². The fourth-order valence-electron chi connectivity index (χ4n) is 1.33. The van der Waals surface area contributed by atoms with Crippen molar-refractivity contribution in [3.63, 3.8) is 0 Å². The van der Waals surface area contributed by atoms with E-state index in [-0.39, 0.29) is 11.6 Å². The van der Waals surface area contributed by atoms with Crippen molar-refractivity contribution in [1.82, 2.24) is 14.8 Å². The quantitative estimate of drug-likeness (QED) is 0.881. The molecule has 0 atom stereocenters. The molecule has 1 aromatic carbocycles. The third-order valence-electron chi connectivity index (χ3n) is 2.02. The highest BCUT2D eigenvalue weighted by atomic mass is 79.9. The van der Waals surface area contributed by atoms with Crippen molar-refractivity contribution in [3.8, 4) is 5.69 Å². The monoisotopic (exact) mass is 306 g/mol. The van der Waals surface area contributed by atoms with Crippen molar-refractivity contribution in [1.29, 1.82) is 0 Å². The topological polar surface area (TPSA) is 56.7 Å². The van der Waals surface area contributed by atoms with E-state index in [1.54, 1.807) is 0 Å². The van der Waals surface area contributed by atoms with Gasteiger partial charge in [-0.05, 0) is 18.2 Å². The van der Waals surface area contributed by atoms with Gasteiger partial charge in [-0.1, -0.05) is 15.9 Å². The Morgan fingerprint density at radius 1 is 1.29 bits per heavy atom. The molecule has 0 radical (unpaired) electrons. The number of rotatable bonds is 1. The molecule has 2 rings (SSSR count). The van der Waals surface area contributed by atoms with Crippen LogP contribution in [0.5, 0.6) is 0 Å². The molecule has 17 heavy (non-hydrogen) atoms. The molecule has 1 heterocycles. The zero-order valence-electron chi connectivity index (χ0n) is 8.24. The van der Waals surface area contributed by atoms with Gasteiger partial charge in [0.15, 0.2) is 0 Å². The summed E-state index contributed by atoms with van der Waals surface area (Å²) in [5, 5.41) is 3.66. The molecule has 0 saturated carbocycles. The predicted octanol–water partition coefficient (Wildman–Crippen LogP) is 2.63. The Bertz CT molecular complexity index is 549. The van der Waals surface area contributed by atoms with Gasteiger partial charge in [0.25, 0.3) is 0 Å². The van der Waals surface area contributed by atoms with Gasteiger partial charge in [-0.25, -0.2) is 9.67 Å². The Morgan fingerprint density at radius 3 is 2.53 bits per heavy atom. The first kappa shape index (κ1) is 11.9. The Morgan fingerprint density at radius 2 is 2.00 bits per heavy atom. The van der Waals surface area contributed by atoms with E-state index in [1.165, 1.54) is 12.1 Å². The van der Waals surface area contributed by atoms with Crippen molar-refractivity contribution in [2.75, 3.05) is 5.73 Å². The third kappa shape index (κ3) is 2.41. The number of nitrogen functional groups attached to an aromatic ring is 1. The van der Waals surface area contributed by atoms with Crippen molar-refractivity contribution in [3.05, 3.63) is 34.6 Å². The van der Waals surface area contributed by atoms with Gasteiger partial charge in [0, 0.05) is 4.47 Å². The van der Waals surface area contributed by atoms with Crippen LogP contribution in [0.15, 0.2) is 29.0 Å². The highest BCUT2D eigenvalue weighted by Crippen LogP contribution is 2.34. The fourth-order valence-corrected chi connectivity index (χ4v) is 1.67. The van der Waals surface area contributed by atoms with Crippen LogP contribution in [0.25, 0.3) is 5.69 Å². The summed E-state index contributed by atoms with van der Waals surface area (Å²) in [6.07, 6.45) is -3.33. The zero-order chi connectivity index (χ0) is 12.6. The van der Waals surface area contributed by atoms with Crippen LogP contribution in [0.4, 0.5) is 19.1 Å². The second-order valence-corrected chi connectivity index (χ2v) is 4.12. The minimum absolute atomic E-state index is 0.0851. The highest BCUT2D eigenvalue weighted by Gasteiger charge is 2.34. The molecule has 0 bridgehead atoms. The van der Waals surface area contributed by atoms with Crippen LogP contribution in [0.3, 0.4) is 0 Å². The molecule has 8 heteroatoms. The Kier molecular flexibility index (Phi) is 2.82. The fraction of sp³-hybridized carbons (Fsp3) is 0.111. The van der Waals surface area contributed by atoms with E-state index in [9.17, 15) is 13.2 Å². The molecule has 0 aliphatic heterocycles. The summed E-state index contributed by atoms with van der Waals surface area (Å²) in [6.45, 7) is 0. The molecule has 1 aromatic heterocycles. The van der Waals surface area contributed by atoms with Crippen LogP contribution in [0.1, 0.15) is 5.56 Å². The first-order chi connectivity index (χ1) is 7.88. The molecular formula is C9H6BrF3N4. The SMILES string of the molecule is Nc1ncn(-c2cc(Br)ccc2C(F)(F)F)n1. The molecule has 0 fully saturated rings. The van der Waals surface area contributed by atoms with Crippen LogP contribution < -0.4 is 5.73 Å². The number of aromatic nitrogens is 3. The lowest BCUT2D eigenvalue weighted by molar-refractivity contribution is -0.137. The largest absolute Gasteiger partial charge is 0.418 e. The Balaban J connectivity index is 2.63. The number of benzene rings is 1. The summed E-state index contributed by atoms with van der Waals surface area (Å²) in [4.78, 5) is 3.59. The minimum Gasteiger partial charge on any atom is -0.366 e. The normalized spacial score (nSPS) is 11.8. The molecule has 0 saturated heterocycles. The Hall–Kier alpha value is -1.57. The van der Waals surface area contributed by atoms with Crippen LogP contribution in [-0.4, -0.2) is 14.8 Å². The summed E-state index contributed by atoms with van der Waals surface area (Å²) in [5.41, 5.74) is 4.35. The first-order valence-corrected chi connectivity index (χ1v) is 5.21. The predicted molar refractivity (Wildman–Crippen MR) is 58.5 cm³/mol. The summed E-state index contributed by atoms with van der Waals surface area (Å²) < 4.78 is 39.8. The Labute approximate surface area is 102 Å². The first-order valence-electron chi connectivity index (χ1n) is 4.42.